The highest BCUT2D eigenvalue weighted by Crippen LogP contribution is 2.60. The zero-order valence-corrected chi connectivity index (χ0v) is 22.3. The van der Waals surface area contributed by atoms with Gasteiger partial charge in [-0.1, -0.05) is 19.0 Å². The maximum Gasteiger partial charge on any atom is 0.344 e. The van der Waals surface area contributed by atoms with Crippen LogP contribution in [-0.4, -0.2) is 68.2 Å². The number of carboxylic acids is 1. The zero-order chi connectivity index (χ0) is 26.9. The van der Waals surface area contributed by atoms with Crippen LogP contribution in [0.4, 0.5) is 0 Å². The first-order valence-electron chi connectivity index (χ1n) is 13.3. The van der Waals surface area contributed by atoms with Gasteiger partial charge in [-0.25, -0.2) is 14.6 Å². The van der Waals surface area contributed by atoms with Gasteiger partial charge in [-0.05, 0) is 56.2 Å². The molecule has 0 amide bonds. The third kappa shape index (κ3) is 5.10. The van der Waals surface area contributed by atoms with Gasteiger partial charge < -0.3 is 33.6 Å². The first-order valence-corrected chi connectivity index (χ1v) is 13.3. The molecule has 11 nitrogen and oxygen atoms in total. The van der Waals surface area contributed by atoms with Crippen LogP contribution in [0.25, 0.3) is 0 Å². The van der Waals surface area contributed by atoms with Crippen molar-refractivity contribution in [2.75, 3.05) is 26.9 Å². The first-order chi connectivity index (χ1) is 18.3. The Morgan fingerprint density at radius 2 is 2.00 bits per heavy atom. The summed E-state index contributed by atoms with van der Waals surface area (Å²) in [4.78, 5) is 27.2. The molecule has 5 aliphatic rings. The molecule has 38 heavy (non-hydrogen) atoms. The average Bonchev–Trinajstić information content (AvgIpc) is 3.13. The zero-order valence-electron chi connectivity index (χ0n) is 22.3. The molecule has 1 aromatic carbocycles. The summed E-state index contributed by atoms with van der Waals surface area (Å²) in [5, 5.41) is 12.2. The van der Waals surface area contributed by atoms with Crippen LogP contribution in [0, 0.1) is 23.7 Å². The normalized spacial score (nSPS) is 37.9. The molecule has 1 N–H and O–H groups in total. The maximum atomic E-state index is 10.5. The molecule has 11 heteroatoms. The van der Waals surface area contributed by atoms with Crippen molar-refractivity contribution in [2.45, 2.75) is 70.4 Å². The van der Waals surface area contributed by atoms with E-state index >= 15 is 0 Å². The van der Waals surface area contributed by atoms with Gasteiger partial charge in [0.2, 0.25) is 12.4 Å². The lowest BCUT2D eigenvalue weighted by Gasteiger charge is -2.60. The van der Waals surface area contributed by atoms with Gasteiger partial charge in [-0.3, -0.25) is 0 Å². The lowest BCUT2D eigenvalue weighted by Crippen LogP contribution is -2.70. The summed E-state index contributed by atoms with van der Waals surface area (Å²) in [5.41, 5.74) is 0.0625. The molecule has 5 fully saturated rings. The fraction of sp³-hybridized carbons (Fsp3) is 0.704. The number of carbonyl (C=O) groups is 1. The second kappa shape index (κ2) is 11.0. The van der Waals surface area contributed by atoms with Crippen molar-refractivity contribution >= 4 is 12.2 Å². The van der Waals surface area contributed by atoms with Crippen LogP contribution < -0.4 is 9.47 Å². The Morgan fingerprint density at radius 3 is 2.79 bits per heavy atom. The third-order valence-electron chi connectivity index (χ3n) is 8.37. The van der Waals surface area contributed by atoms with Crippen LogP contribution in [0.15, 0.2) is 23.4 Å². The second-order valence-electron chi connectivity index (χ2n) is 10.8. The van der Waals surface area contributed by atoms with Crippen molar-refractivity contribution in [3.63, 3.8) is 0 Å². The SMILES string of the molecule is COc1cc(/C=N/OCC(=O)O)ccc1OCCO[C@H]1O[C@@H]2O[C@@]3(C)CCC4[C@H](C)CC[C@@H]([C@H]1C)[C@]42OO3. The molecule has 8 atom stereocenters. The lowest BCUT2D eigenvalue weighted by molar-refractivity contribution is -0.577. The van der Waals surface area contributed by atoms with Crippen LogP contribution in [0.5, 0.6) is 11.5 Å². The number of benzene rings is 1. The molecule has 210 valence electrons. The Hall–Kier alpha value is -2.44. The van der Waals surface area contributed by atoms with Crippen molar-refractivity contribution in [1.82, 2.24) is 0 Å². The predicted molar refractivity (Wildman–Crippen MR) is 132 cm³/mol. The van der Waals surface area contributed by atoms with E-state index in [1.807, 2.05) is 6.92 Å². The molecular formula is C27H37NO10. The molecule has 1 aromatic rings. The van der Waals surface area contributed by atoms with Crippen molar-refractivity contribution in [2.24, 2.45) is 28.8 Å². The van der Waals surface area contributed by atoms with Gasteiger partial charge in [0.25, 0.3) is 0 Å². The van der Waals surface area contributed by atoms with Crippen LogP contribution in [0.1, 0.15) is 52.0 Å². The molecule has 1 saturated carbocycles. The summed E-state index contributed by atoms with van der Waals surface area (Å²) in [7, 11) is 1.54. The Labute approximate surface area is 222 Å². The lowest BCUT2D eigenvalue weighted by atomic mass is 9.58. The number of fused-ring (bicyclic) bond motifs is 2. The van der Waals surface area contributed by atoms with Gasteiger partial charge in [0.15, 0.2) is 29.7 Å². The number of rotatable bonds is 10. The molecule has 0 aromatic heterocycles. The van der Waals surface area contributed by atoms with E-state index in [0.717, 1.165) is 25.7 Å². The summed E-state index contributed by atoms with van der Waals surface area (Å²) < 4.78 is 30.4. The van der Waals surface area contributed by atoms with E-state index in [1.165, 1.54) is 6.21 Å². The van der Waals surface area contributed by atoms with Crippen molar-refractivity contribution in [3.05, 3.63) is 23.8 Å². The highest BCUT2D eigenvalue weighted by Gasteiger charge is 2.69. The van der Waals surface area contributed by atoms with Gasteiger partial charge >= 0.3 is 5.97 Å². The summed E-state index contributed by atoms with van der Waals surface area (Å²) in [5.74, 6) is 0.245. The maximum absolute atomic E-state index is 10.5. The van der Waals surface area contributed by atoms with E-state index in [0.29, 0.717) is 35.5 Å². The minimum atomic E-state index is -1.10. The monoisotopic (exact) mass is 535 g/mol. The van der Waals surface area contributed by atoms with E-state index in [2.05, 4.69) is 23.8 Å². The van der Waals surface area contributed by atoms with Crippen LogP contribution in [0.2, 0.25) is 0 Å². The van der Waals surface area contributed by atoms with E-state index in [1.54, 1.807) is 25.3 Å². The van der Waals surface area contributed by atoms with Crippen molar-refractivity contribution < 1.29 is 48.2 Å². The highest BCUT2D eigenvalue weighted by atomic mass is 17.3. The third-order valence-corrected chi connectivity index (χ3v) is 8.37. The highest BCUT2D eigenvalue weighted by molar-refractivity contribution is 5.80. The van der Waals surface area contributed by atoms with Gasteiger partial charge in [0.1, 0.15) is 6.61 Å². The van der Waals surface area contributed by atoms with E-state index in [4.69, 9.17) is 38.6 Å². The molecule has 4 aliphatic heterocycles. The molecule has 1 unspecified atom stereocenters. The molecule has 1 spiro atoms. The Morgan fingerprint density at radius 1 is 1.16 bits per heavy atom. The number of hydrogen-bond acceptors (Lipinski definition) is 10. The smallest absolute Gasteiger partial charge is 0.344 e. The fourth-order valence-electron chi connectivity index (χ4n) is 6.45. The topological polar surface area (TPSA) is 124 Å². The number of nitrogens with zero attached hydrogens (tertiary/aromatic N) is 1. The molecule has 4 saturated heterocycles. The Kier molecular flexibility index (Phi) is 7.84. The predicted octanol–water partition coefficient (Wildman–Crippen LogP) is 3.73. The molecule has 1 aliphatic carbocycles. The van der Waals surface area contributed by atoms with Gasteiger partial charge in [0.05, 0.1) is 19.9 Å². The van der Waals surface area contributed by atoms with E-state index in [9.17, 15) is 4.79 Å². The van der Waals surface area contributed by atoms with Crippen molar-refractivity contribution in [3.8, 4) is 11.5 Å². The molecule has 2 bridgehead atoms. The van der Waals surface area contributed by atoms with Crippen molar-refractivity contribution in [1.29, 1.82) is 0 Å². The minimum absolute atomic E-state index is 0.0901. The quantitative estimate of drug-likeness (QED) is 0.205. The van der Waals surface area contributed by atoms with E-state index < -0.39 is 36.5 Å². The van der Waals surface area contributed by atoms with Crippen LogP contribution in [0.3, 0.4) is 0 Å². The average molecular weight is 536 g/mol. The number of aliphatic carboxylic acids is 1. The molecule has 0 radical (unpaired) electrons. The first kappa shape index (κ1) is 27.1. The summed E-state index contributed by atoms with van der Waals surface area (Å²) in [6.07, 6.45) is 4.31. The summed E-state index contributed by atoms with van der Waals surface area (Å²) in [6.45, 7) is 6.45. The van der Waals surface area contributed by atoms with E-state index in [-0.39, 0.29) is 18.4 Å². The number of methoxy groups -OCH3 is 1. The number of ether oxygens (including phenoxy) is 5. The van der Waals surface area contributed by atoms with Gasteiger partial charge in [-0.15, -0.1) is 0 Å². The minimum Gasteiger partial charge on any atom is -0.493 e. The molecular weight excluding hydrogens is 498 g/mol. The Bertz CT molecular complexity index is 1040. The number of hydrogen-bond donors (Lipinski definition) is 1. The van der Waals surface area contributed by atoms with Gasteiger partial charge in [0, 0.05) is 23.8 Å². The fourth-order valence-corrected chi connectivity index (χ4v) is 6.45. The largest absolute Gasteiger partial charge is 0.493 e. The second-order valence-corrected chi connectivity index (χ2v) is 10.8. The Balaban J connectivity index is 1.19. The summed E-state index contributed by atoms with van der Waals surface area (Å²) in [6, 6.07) is 5.23. The number of oxime groups is 1. The molecule has 6 rings (SSSR count). The van der Waals surface area contributed by atoms with Crippen LogP contribution >= 0.6 is 0 Å². The molecule has 4 heterocycles. The van der Waals surface area contributed by atoms with Crippen LogP contribution in [-0.2, 0) is 33.6 Å². The number of carboxylic acid groups (broad SMARTS) is 1. The standard InChI is InChI=1S/C27H37NO10/c1-16-5-7-20-17(2)24(35-25-27(20)19(16)9-10-26(3,36-25)37-38-27)33-12-11-32-21-8-6-18(13-22(21)31-4)14-28-34-15-23(29)30/h6,8,13-14,16-17,19-20,24-25H,5,7,9-12,15H2,1-4H3,(H,29,30)/b28-14+/t16-,17-,19?,20+,24+,25-,26-,27-/m1/s1. The van der Waals surface area contributed by atoms with Gasteiger partial charge in [-0.2, -0.15) is 0 Å². The summed E-state index contributed by atoms with van der Waals surface area (Å²) >= 11 is 0.